The molecule has 0 amide bonds. The standard InChI is InChI=1S/C12H16FNO5S2/c13-10-4-3-9(7-15)12(6-10)21(18,19)14-11-2-1-5-20(16,17)8-11/h3-4,6,11,14-15H,1-2,5,7-8H2. The number of nitrogens with one attached hydrogen (secondary N) is 1. The maximum atomic E-state index is 13.2. The summed E-state index contributed by atoms with van der Waals surface area (Å²) in [6.07, 6.45) is 0.785. The summed E-state index contributed by atoms with van der Waals surface area (Å²) in [6.45, 7) is -0.556. The molecule has 2 N–H and O–H groups in total. The molecule has 0 radical (unpaired) electrons. The third-order valence-electron chi connectivity index (χ3n) is 3.27. The van der Waals surface area contributed by atoms with Gasteiger partial charge >= 0.3 is 0 Å². The summed E-state index contributed by atoms with van der Waals surface area (Å²) in [6, 6.07) is 2.31. The third kappa shape index (κ3) is 4.00. The first-order chi connectivity index (χ1) is 9.73. The summed E-state index contributed by atoms with van der Waals surface area (Å²) in [5.74, 6) is -0.966. The smallest absolute Gasteiger partial charge is 0.241 e. The highest BCUT2D eigenvalue weighted by molar-refractivity contribution is 7.91. The van der Waals surface area contributed by atoms with Crippen LogP contribution in [-0.4, -0.2) is 39.5 Å². The first kappa shape index (κ1) is 16.3. The number of aliphatic hydroxyl groups excluding tert-OH is 1. The van der Waals surface area contributed by atoms with Crippen LogP contribution >= 0.6 is 0 Å². The van der Waals surface area contributed by atoms with Gasteiger partial charge in [0, 0.05) is 6.04 Å². The van der Waals surface area contributed by atoms with E-state index in [-0.39, 0.29) is 22.0 Å². The Morgan fingerprint density at radius 1 is 1.38 bits per heavy atom. The molecule has 1 aromatic rings. The van der Waals surface area contributed by atoms with E-state index in [0.29, 0.717) is 12.8 Å². The average Bonchev–Trinajstić information content (AvgIpc) is 2.37. The van der Waals surface area contributed by atoms with E-state index in [1.165, 1.54) is 6.07 Å². The van der Waals surface area contributed by atoms with Crippen molar-refractivity contribution in [3.05, 3.63) is 29.6 Å². The lowest BCUT2D eigenvalue weighted by molar-refractivity contribution is 0.278. The number of aliphatic hydroxyl groups is 1. The first-order valence-electron chi connectivity index (χ1n) is 6.35. The van der Waals surface area contributed by atoms with Gasteiger partial charge in [-0.1, -0.05) is 6.07 Å². The van der Waals surface area contributed by atoms with Gasteiger partial charge in [0.05, 0.1) is 23.0 Å². The number of halogens is 1. The minimum Gasteiger partial charge on any atom is -0.392 e. The Morgan fingerprint density at radius 3 is 2.71 bits per heavy atom. The van der Waals surface area contributed by atoms with Crippen molar-refractivity contribution in [3.8, 4) is 0 Å². The van der Waals surface area contributed by atoms with Gasteiger partial charge in [-0.15, -0.1) is 0 Å². The van der Waals surface area contributed by atoms with E-state index in [2.05, 4.69) is 4.72 Å². The molecule has 6 nitrogen and oxygen atoms in total. The maximum absolute atomic E-state index is 13.2. The number of hydrogen-bond acceptors (Lipinski definition) is 5. The number of rotatable bonds is 4. The second kappa shape index (κ2) is 5.99. The minimum absolute atomic E-state index is 0.0487. The van der Waals surface area contributed by atoms with E-state index in [1.807, 2.05) is 0 Å². The zero-order chi connectivity index (χ0) is 15.7. The summed E-state index contributed by atoms with van der Waals surface area (Å²) in [5.41, 5.74) is 0.0579. The second-order valence-electron chi connectivity index (χ2n) is 4.98. The number of sulfonamides is 1. The molecular weight excluding hydrogens is 321 g/mol. The van der Waals surface area contributed by atoms with Crippen molar-refractivity contribution in [3.63, 3.8) is 0 Å². The van der Waals surface area contributed by atoms with Gasteiger partial charge in [0.25, 0.3) is 0 Å². The molecule has 0 aliphatic carbocycles. The van der Waals surface area contributed by atoms with Crippen LogP contribution in [0.2, 0.25) is 0 Å². The molecule has 1 atom stereocenters. The lowest BCUT2D eigenvalue weighted by Crippen LogP contribution is -2.43. The van der Waals surface area contributed by atoms with Gasteiger partial charge in [-0.05, 0) is 30.5 Å². The van der Waals surface area contributed by atoms with E-state index >= 15 is 0 Å². The second-order valence-corrected chi connectivity index (χ2v) is 8.90. The maximum Gasteiger partial charge on any atom is 0.241 e. The van der Waals surface area contributed by atoms with Crippen LogP contribution in [0.25, 0.3) is 0 Å². The molecule has 1 unspecified atom stereocenters. The summed E-state index contributed by atoms with van der Waals surface area (Å²) in [5, 5.41) is 9.15. The van der Waals surface area contributed by atoms with Gasteiger partial charge in [-0.3, -0.25) is 0 Å². The quantitative estimate of drug-likeness (QED) is 0.816. The Bertz CT molecular complexity index is 730. The molecule has 0 spiro atoms. The molecule has 0 bridgehead atoms. The van der Waals surface area contributed by atoms with E-state index < -0.39 is 38.3 Å². The Balaban J connectivity index is 2.28. The zero-order valence-corrected chi connectivity index (χ0v) is 12.8. The minimum atomic E-state index is -4.09. The summed E-state index contributed by atoms with van der Waals surface area (Å²) >= 11 is 0. The fraction of sp³-hybridized carbons (Fsp3) is 0.500. The molecule has 21 heavy (non-hydrogen) atoms. The van der Waals surface area contributed by atoms with Gasteiger partial charge in [-0.25, -0.2) is 25.9 Å². The van der Waals surface area contributed by atoms with Crippen LogP contribution in [-0.2, 0) is 26.5 Å². The Labute approximate surface area is 123 Å². The molecular formula is C12H16FNO5S2. The Kier molecular flexibility index (Phi) is 4.66. The molecule has 9 heteroatoms. The van der Waals surface area contributed by atoms with Gasteiger partial charge < -0.3 is 5.11 Å². The SMILES string of the molecule is O=S1(=O)CCCC(NS(=O)(=O)c2cc(F)ccc2CO)C1. The molecule has 0 aromatic heterocycles. The van der Waals surface area contributed by atoms with E-state index in [0.717, 1.165) is 12.1 Å². The van der Waals surface area contributed by atoms with Crippen molar-refractivity contribution in [2.24, 2.45) is 0 Å². The average molecular weight is 337 g/mol. The van der Waals surface area contributed by atoms with E-state index in [9.17, 15) is 21.2 Å². The molecule has 0 saturated carbocycles. The summed E-state index contributed by atoms with van der Waals surface area (Å²) in [7, 11) is -7.35. The van der Waals surface area contributed by atoms with Crippen molar-refractivity contribution in [2.45, 2.75) is 30.4 Å². The van der Waals surface area contributed by atoms with Crippen molar-refractivity contribution < 1.29 is 26.3 Å². The molecule has 1 aliphatic rings. The highest BCUT2D eigenvalue weighted by atomic mass is 32.2. The lowest BCUT2D eigenvalue weighted by Gasteiger charge is -2.23. The van der Waals surface area contributed by atoms with Crippen LogP contribution in [0, 0.1) is 5.82 Å². The van der Waals surface area contributed by atoms with Crippen molar-refractivity contribution in [1.82, 2.24) is 4.72 Å². The van der Waals surface area contributed by atoms with Crippen molar-refractivity contribution in [1.29, 1.82) is 0 Å². The highest BCUT2D eigenvalue weighted by Gasteiger charge is 2.29. The predicted octanol–water partition coefficient (Wildman–Crippen LogP) is 0.173. The van der Waals surface area contributed by atoms with Crippen LogP contribution in [0.15, 0.2) is 23.1 Å². The fourth-order valence-corrected chi connectivity index (χ4v) is 5.56. The van der Waals surface area contributed by atoms with Crippen LogP contribution in [0.5, 0.6) is 0 Å². The van der Waals surface area contributed by atoms with E-state index in [1.54, 1.807) is 0 Å². The summed E-state index contributed by atoms with van der Waals surface area (Å²) in [4.78, 5) is -0.368. The highest BCUT2D eigenvalue weighted by Crippen LogP contribution is 2.20. The molecule has 1 heterocycles. The normalized spacial score (nSPS) is 22.1. The number of hydrogen-bond donors (Lipinski definition) is 2. The topological polar surface area (TPSA) is 101 Å². The molecule has 118 valence electrons. The Morgan fingerprint density at radius 2 is 2.10 bits per heavy atom. The van der Waals surface area contributed by atoms with Crippen LogP contribution in [0.4, 0.5) is 4.39 Å². The number of benzene rings is 1. The predicted molar refractivity (Wildman–Crippen MR) is 74.3 cm³/mol. The monoisotopic (exact) mass is 337 g/mol. The lowest BCUT2D eigenvalue weighted by atomic mass is 10.2. The molecule has 1 saturated heterocycles. The molecule has 1 fully saturated rings. The zero-order valence-electron chi connectivity index (χ0n) is 11.1. The van der Waals surface area contributed by atoms with E-state index in [4.69, 9.17) is 5.11 Å². The van der Waals surface area contributed by atoms with Crippen molar-refractivity contribution >= 4 is 19.9 Å². The summed E-state index contributed by atoms with van der Waals surface area (Å²) < 4.78 is 63.1. The molecule has 1 aliphatic heterocycles. The van der Waals surface area contributed by atoms with Gasteiger partial charge in [-0.2, -0.15) is 0 Å². The molecule has 2 rings (SSSR count). The Hall–Kier alpha value is -1.03. The molecule has 1 aromatic carbocycles. The number of sulfone groups is 1. The van der Waals surface area contributed by atoms with Gasteiger partial charge in [0.1, 0.15) is 5.82 Å². The van der Waals surface area contributed by atoms with Gasteiger partial charge in [0.15, 0.2) is 9.84 Å². The first-order valence-corrected chi connectivity index (χ1v) is 9.66. The van der Waals surface area contributed by atoms with Crippen LogP contribution in [0.1, 0.15) is 18.4 Å². The third-order valence-corrected chi connectivity index (χ3v) is 6.70. The van der Waals surface area contributed by atoms with Gasteiger partial charge in [0.2, 0.25) is 10.0 Å². The van der Waals surface area contributed by atoms with Crippen molar-refractivity contribution in [2.75, 3.05) is 11.5 Å². The van der Waals surface area contributed by atoms with Crippen LogP contribution in [0.3, 0.4) is 0 Å². The fourth-order valence-electron chi connectivity index (χ4n) is 2.31. The largest absolute Gasteiger partial charge is 0.392 e. The van der Waals surface area contributed by atoms with Crippen LogP contribution < -0.4 is 4.72 Å².